The van der Waals surface area contributed by atoms with Crippen LogP contribution in [0.5, 0.6) is 34.8 Å². The molecule has 3 rings (SSSR count). The van der Waals surface area contributed by atoms with Gasteiger partial charge < -0.3 is 18.9 Å². The molecule has 0 radical (unpaired) electrons. The van der Waals surface area contributed by atoms with E-state index in [0.717, 1.165) is 11.5 Å². The van der Waals surface area contributed by atoms with Gasteiger partial charge in [0.15, 0.2) is 0 Å². The first-order valence-corrected chi connectivity index (χ1v) is 7.24. The van der Waals surface area contributed by atoms with Crippen molar-refractivity contribution in [3.05, 3.63) is 60.7 Å². The van der Waals surface area contributed by atoms with Crippen LogP contribution < -0.4 is 18.9 Å². The van der Waals surface area contributed by atoms with Crippen molar-refractivity contribution in [2.24, 2.45) is 0 Å². The van der Waals surface area contributed by atoms with E-state index in [4.69, 9.17) is 18.9 Å². The number of benzene rings is 2. The number of hydrogen-bond donors (Lipinski definition) is 0. The van der Waals surface area contributed by atoms with E-state index in [0.29, 0.717) is 23.3 Å². The Labute approximate surface area is 139 Å². The summed E-state index contributed by atoms with van der Waals surface area (Å²) in [5.74, 6) is 3.57. The fourth-order valence-corrected chi connectivity index (χ4v) is 1.95. The number of rotatable bonds is 6. The fourth-order valence-electron chi connectivity index (χ4n) is 1.95. The van der Waals surface area contributed by atoms with Crippen molar-refractivity contribution < 1.29 is 18.9 Å². The highest BCUT2D eigenvalue weighted by Gasteiger charge is 2.03. The van der Waals surface area contributed by atoms with Crippen molar-refractivity contribution in [1.82, 2.24) is 10.2 Å². The maximum atomic E-state index is 5.61. The summed E-state index contributed by atoms with van der Waals surface area (Å²) >= 11 is 0. The Bertz CT molecular complexity index is 703. The first-order chi connectivity index (χ1) is 11.8. The van der Waals surface area contributed by atoms with E-state index in [1.54, 1.807) is 50.6 Å². The molecule has 0 saturated heterocycles. The summed E-state index contributed by atoms with van der Waals surface area (Å²) in [4.78, 5) is 0. The Balaban J connectivity index is 1.63. The molecule has 0 aliphatic rings. The molecule has 122 valence electrons. The summed E-state index contributed by atoms with van der Waals surface area (Å²) in [7, 11) is 3.23. The van der Waals surface area contributed by atoms with Crippen molar-refractivity contribution in [2.75, 3.05) is 14.2 Å². The molecule has 6 nitrogen and oxygen atoms in total. The molecule has 6 heteroatoms. The summed E-state index contributed by atoms with van der Waals surface area (Å²) in [5.41, 5.74) is 0. The van der Waals surface area contributed by atoms with Gasteiger partial charge in [0, 0.05) is 12.1 Å². The number of ether oxygens (including phenoxy) is 4. The lowest BCUT2D eigenvalue weighted by Crippen LogP contribution is -1.94. The molecule has 1 heterocycles. The number of nitrogens with zero attached hydrogens (tertiary/aromatic N) is 2. The summed E-state index contributed by atoms with van der Waals surface area (Å²) < 4.78 is 21.4. The molecular weight excluding hydrogens is 308 g/mol. The first kappa shape index (κ1) is 15.6. The second-order valence-electron chi connectivity index (χ2n) is 4.76. The molecular formula is C18H16N2O4. The van der Waals surface area contributed by atoms with Crippen LogP contribution in [0.2, 0.25) is 0 Å². The molecule has 1 aromatic heterocycles. The molecule has 0 bridgehead atoms. The maximum Gasteiger partial charge on any atom is 0.239 e. The van der Waals surface area contributed by atoms with E-state index in [1.165, 1.54) is 0 Å². The minimum Gasteiger partial charge on any atom is -0.497 e. The van der Waals surface area contributed by atoms with Gasteiger partial charge in [-0.3, -0.25) is 0 Å². The van der Waals surface area contributed by atoms with E-state index in [9.17, 15) is 0 Å². The van der Waals surface area contributed by atoms with Gasteiger partial charge in [0.2, 0.25) is 11.8 Å². The third kappa shape index (κ3) is 3.92. The molecule has 0 amide bonds. The van der Waals surface area contributed by atoms with Gasteiger partial charge in [0.25, 0.3) is 0 Å². The van der Waals surface area contributed by atoms with Crippen LogP contribution >= 0.6 is 0 Å². The molecule has 0 spiro atoms. The quantitative estimate of drug-likeness (QED) is 0.681. The predicted octanol–water partition coefficient (Wildman–Crippen LogP) is 4.08. The monoisotopic (exact) mass is 324 g/mol. The Morgan fingerprint density at radius 1 is 0.500 bits per heavy atom. The minimum absolute atomic E-state index is 0.377. The lowest BCUT2D eigenvalue weighted by molar-refractivity contribution is 0.408. The molecule has 0 aliphatic carbocycles. The topological polar surface area (TPSA) is 62.7 Å². The number of aromatic nitrogens is 2. The average Bonchev–Trinajstić information content (AvgIpc) is 2.65. The van der Waals surface area contributed by atoms with Gasteiger partial charge in [0.05, 0.1) is 14.2 Å². The molecule has 24 heavy (non-hydrogen) atoms. The van der Waals surface area contributed by atoms with E-state index < -0.39 is 0 Å². The van der Waals surface area contributed by atoms with E-state index in [2.05, 4.69) is 10.2 Å². The van der Waals surface area contributed by atoms with Crippen LogP contribution in [-0.2, 0) is 0 Å². The lowest BCUT2D eigenvalue weighted by Gasteiger charge is -2.07. The number of methoxy groups -OCH3 is 2. The van der Waals surface area contributed by atoms with Crippen molar-refractivity contribution >= 4 is 0 Å². The highest BCUT2D eigenvalue weighted by atomic mass is 16.5. The highest BCUT2D eigenvalue weighted by molar-refractivity contribution is 5.35. The van der Waals surface area contributed by atoms with Crippen LogP contribution in [0, 0.1) is 0 Å². The Kier molecular flexibility index (Phi) is 4.76. The van der Waals surface area contributed by atoms with Gasteiger partial charge in [-0.25, -0.2) is 0 Å². The Morgan fingerprint density at radius 3 is 1.12 bits per heavy atom. The van der Waals surface area contributed by atoms with Crippen LogP contribution in [0.25, 0.3) is 0 Å². The van der Waals surface area contributed by atoms with Gasteiger partial charge in [-0.1, -0.05) is 0 Å². The SMILES string of the molecule is COc1ccc(Oc2ccc(Oc3ccc(OC)cc3)nn2)cc1. The zero-order chi connectivity index (χ0) is 16.8. The predicted molar refractivity (Wildman–Crippen MR) is 88.2 cm³/mol. The molecule has 2 aromatic carbocycles. The van der Waals surface area contributed by atoms with Gasteiger partial charge in [-0.15, -0.1) is 10.2 Å². The van der Waals surface area contributed by atoms with Gasteiger partial charge >= 0.3 is 0 Å². The summed E-state index contributed by atoms with van der Waals surface area (Å²) in [6.45, 7) is 0. The standard InChI is InChI=1S/C18H16N2O4/c1-21-13-3-7-15(8-4-13)23-17-11-12-18(20-19-17)24-16-9-5-14(22-2)6-10-16/h3-12H,1-2H3. The van der Waals surface area contributed by atoms with Crippen LogP contribution in [0.4, 0.5) is 0 Å². The van der Waals surface area contributed by atoms with E-state index in [-0.39, 0.29) is 0 Å². The largest absolute Gasteiger partial charge is 0.497 e. The van der Waals surface area contributed by atoms with E-state index in [1.807, 2.05) is 24.3 Å². The van der Waals surface area contributed by atoms with E-state index >= 15 is 0 Å². The smallest absolute Gasteiger partial charge is 0.239 e. The Morgan fingerprint density at radius 2 is 0.833 bits per heavy atom. The summed E-state index contributed by atoms with van der Waals surface area (Å²) in [6.07, 6.45) is 0. The van der Waals surface area contributed by atoms with Gasteiger partial charge in [-0.2, -0.15) is 0 Å². The normalized spacial score (nSPS) is 10.1. The van der Waals surface area contributed by atoms with Crippen LogP contribution in [0.3, 0.4) is 0 Å². The molecule has 0 aliphatic heterocycles. The van der Waals surface area contributed by atoms with Gasteiger partial charge in [-0.05, 0) is 48.5 Å². The second-order valence-corrected chi connectivity index (χ2v) is 4.76. The van der Waals surface area contributed by atoms with Crippen LogP contribution in [-0.4, -0.2) is 24.4 Å². The van der Waals surface area contributed by atoms with Crippen LogP contribution in [0.1, 0.15) is 0 Å². The molecule has 0 atom stereocenters. The summed E-state index contributed by atoms with van der Waals surface area (Å²) in [6, 6.07) is 17.8. The maximum absolute atomic E-state index is 5.61. The van der Waals surface area contributed by atoms with Crippen molar-refractivity contribution in [1.29, 1.82) is 0 Å². The summed E-state index contributed by atoms with van der Waals surface area (Å²) in [5, 5.41) is 7.99. The Hall–Kier alpha value is -3.28. The fraction of sp³-hybridized carbons (Fsp3) is 0.111. The zero-order valence-electron chi connectivity index (χ0n) is 13.3. The molecule has 0 N–H and O–H groups in total. The molecule has 0 unspecified atom stereocenters. The minimum atomic E-state index is 0.377. The number of hydrogen-bond acceptors (Lipinski definition) is 6. The average molecular weight is 324 g/mol. The molecule has 3 aromatic rings. The zero-order valence-corrected chi connectivity index (χ0v) is 13.3. The highest BCUT2D eigenvalue weighted by Crippen LogP contribution is 2.25. The third-order valence-electron chi connectivity index (χ3n) is 3.18. The van der Waals surface area contributed by atoms with Crippen molar-refractivity contribution in [3.8, 4) is 34.8 Å². The second kappa shape index (κ2) is 7.32. The van der Waals surface area contributed by atoms with Crippen molar-refractivity contribution in [3.63, 3.8) is 0 Å². The molecule has 0 fully saturated rings. The van der Waals surface area contributed by atoms with Crippen LogP contribution in [0.15, 0.2) is 60.7 Å². The first-order valence-electron chi connectivity index (χ1n) is 7.24. The molecule has 0 saturated carbocycles. The lowest BCUT2D eigenvalue weighted by atomic mass is 10.3. The third-order valence-corrected chi connectivity index (χ3v) is 3.18. The van der Waals surface area contributed by atoms with Gasteiger partial charge in [0.1, 0.15) is 23.0 Å². The van der Waals surface area contributed by atoms with Crippen molar-refractivity contribution in [2.45, 2.75) is 0 Å².